The molecule has 1 aromatic heterocycles. The molecule has 24 heavy (non-hydrogen) atoms. The lowest BCUT2D eigenvalue weighted by atomic mass is 10.1. The fraction of sp³-hybridized carbons (Fsp3) is 0.647. The molecule has 0 spiro atoms. The summed E-state index contributed by atoms with van der Waals surface area (Å²) < 4.78 is 10.8. The largest absolute Gasteiger partial charge is 0.383 e. The minimum absolute atomic E-state index is 0. The Labute approximate surface area is 161 Å². The Bertz CT molecular complexity index is 467. The van der Waals surface area contributed by atoms with E-state index in [9.17, 15) is 0 Å². The minimum Gasteiger partial charge on any atom is -0.383 e. The Morgan fingerprint density at radius 3 is 3.04 bits per heavy atom. The van der Waals surface area contributed by atoms with E-state index in [1.165, 1.54) is 0 Å². The van der Waals surface area contributed by atoms with Crippen molar-refractivity contribution in [3.8, 4) is 0 Å². The van der Waals surface area contributed by atoms with E-state index < -0.39 is 0 Å². The zero-order chi connectivity index (χ0) is 16.3. The van der Waals surface area contributed by atoms with Crippen molar-refractivity contribution in [3.05, 3.63) is 30.1 Å². The topological polar surface area (TPSA) is 67.8 Å². The molecule has 1 aliphatic heterocycles. The molecule has 2 unspecified atom stereocenters. The van der Waals surface area contributed by atoms with Gasteiger partial charge in [-0.1, -0.05) is 6.07 Å². The summed E-state index contributed by atoms with van der Waals surface area (Å²) in [4.78, 5) is 8.88. The molecule has 0 radical (unpaired) electrons. The summed E-state index contributed by atoms with van der Waals surface area (Å²) in [5.74, 6) is 0.806. The number of aromatic nitrogens is 1. The lowest BCUT2D eigenvalue weighted by Gasteiger charge is -2.22. The van der Waals surface area contributed by atoms with Crippen LogP contribution in [0.2, 0.25) is 0 Å². The molecule has 136 valence electrons. The highest BCUT2D eigenvalue weighted by molar-refractivity contribution is 14.0. The molecule has 1 saturated heterocycles. The van der Waals surface area contributed by atoms with Gasteiger partial charge in [0, 0.05) is 38.6 Å². The van der Waals surface area contributed by atoms with Crippen LogP contribution in [-0.2, 0) is 15.9 Å². The van der Waals surface area contributed by atoms with Crippen LogP contribution >= 0.6 is 24.0 Å². The quantitative estimate of drug-likeness (QED) is 0.276. The van der Waals surface area contributed by atoms with E-state index in [4.69, 9.17) is 9.47 Å². The van der Waals surface area contributed by atoms with Gasteiger partial charge in [0.2, 0.25) is 0 Å². The van der Waals surface area contributed by atoms with Gasteiger partial charge in [-0.25, -0.2) is 0 Å². The third-order valence-electron chi connectivity index (χ3n) is 3.85. The SMILES string of the molecule is COCCN=C(NCCc1ccccn1)NC(C)C1CCCO1.I. The first kappa shape index (κ1) is 21.1. The zero-order valence-electron chi connectivity index (χ0n) is 14.5. The Morgan fingerprint density at radius 2 is 2.38 bits per heavy atom. The monoisotopic (exact) mass is 448 g/mol. The van der Waals surface area contributed by atoms with E-state index in [-0.39, 0.29) is 36.1 Å². The highest BCUT2D eigenvalue weighted by atomic mass is 127. The van der Waals surface area contributed by atoms with Gasteiger partial charge in [-0.15, -0.1) is 24.0 Å². The van der Waals surface area contributed by atoms with E-state index in [1.54, 1.807) is 7.11 Å². The number of rotatable bonds is 8. The molecule has 6 nitrogen and oxygen atoms in total. The number of halogens is 1. The number of hydrogen-bond acceptors (Lipinski definition) is 4. The van der Waals surface area contributed by atoms with Gasteiger partial charge in [0.1, 0.15) is 0 Å². The number of methoxy groups -OCH3 is 1. The maximum absolute atomic E-state index is 5.74. The molecule has 0 aliphatic carbocycles. The van der Waals surface area contributed by atoms with Crippen LogP contribution in [-0.4, -0.2) is 56.5 Å². The van der Waals surface area contributed by atoms with Gasteiger partial charge in [-0.2, -0.15) is 0 Å². The van der Waals surface area contributed by atoms with Gasteiger partial charge in [0.15, 0.2) is 5.96 Å². The van der Waals surface area contributed by atoms with Gasteiger partial charge in [0.05, 0.1) is 25.3 Å². The summed E-state index contributed by atoms with van der Waals surface area (Å²) in [6.45, 7) is 5.03. The molecule has 2 atom stereocenters. The maximum Gasteiger partial charge on any atom is 0.191 e. The summed E-state index contributed by atoms with van der Waals surface area (Å²) in [5.41, 5.74) is 1.07. The van der Waals surface area contributed by atoms with Gasteiger partial charge in [0.25, 0.3) is 0 Å². The number of aliphatic imine (C=N–C) groups is 1. The second kappa shape index (κ2) is 12.4. The molecule has 1 aromatic rings. The minimum atomic E-state index is 0. The van der Waals surface area contributed by atoms with Gasteiger partial charge in [-0.3, -0.25) is 9.98 Å². The maximum atomic E-state index is 5.74. The molecular weight excluding hydrogens is 419 g/mol. The average Bonchev–Trinajstić information content (AvgIpc) is 3.10. The molecule has 1 aliphatic rings. The van der Waals surface area contributed by atoms with Crippen molar-refractivity contribution in [1.29, 1.82) is 0 Å². The predicted molar refractivity (Wildman–Crippen MR) is 107 cm³/mol. The van der Waals surface area contributed by atoms with E-state index in [0.717, 1.165) is 44.1 Å². The van der Waals surface area contributed by atoms with Gasteiger partial charge in [-0.05, 0) is 31.9 Å². The second-order valence-corrected chi connectivity index (χ2v) is 5.71. The number of nitrogens with zero attached hydrogens (tertiary/aromatic N) is 2. The van der Waals surface area contributed by atoms with Crippen LogP contribution in [0.3, 0.4) is 0 Å². The van der Waals surface area contributed by atoms with Crippen LogP contribution in [0, 0.1) is 0 Å². The number of ether oxygens (including phenoxy) is 2. The predicted octanol–water partition coefficient (Wildman–Crippen LogP) is 1.99. The number of nitrogens with one attached hydrogen (secondary N) is 2. The Hall–Kier alpha value is -0.930. The number of guanidine groups is 1. The molecular formula is C17H29IN4O2. The van der Waals surface area contributed by atoms with Crippen LogP contribution < -0.4 is 10.6 Å². The highest BCUT2D eigenvalue weighted by Crippen LogP contribution is 2.15. The van der Waals surface area contributed by atoms with Crippen molar-refractivity contribution >= 4 is 29.9 Å². The molecule has 2 heterocycles. The fourth-order valence-corrected chi connectivity index (χ4v) is 2.56. The lowest BCUT2D eigenvalue weighted by molar-refractivity contribution is 0.0890. The first-order chi connectivity index (χ1) is 11.3. The van der Waals surface area contributed by atoms with Crippen molar-refractivity contribution in [3.63, 3.8) is 0 Å². The Kier molecular flexibility index (Phi) is 10.9. The van der Waals surface area contributed by atoms with Crippen molar-refractivity contribution in [1.82, 2.24) is 15.6 Å². The first-order valence-corrected chi connectivity index (χ1v) is 8.35. The van der Waals surface area contributed by atoms with Crippen molar-refractivity contribution in [2.24, 2.45) is 4.99 Å². The fourth-order valence-electron chi connectivity index (χ4n) is 2.56. The van der Waals surface area contributed by atoms with Crippen LogP contribution in [0.4, 0.5) is 0 Å². The smallest absolute Gasteiger partial charge is 0.191 e. The lowest BCUT2D eigenvalue weighted by Crippen LogP contribution is -2.47. The Morgan fingerprint density at radius 1 is 1.50 bits per heavy atom. The van der Waals surface area contributed by atoms with Crippen molar-refractivity contribution in [2.75, 3.05) is 33.4 Å². The molecule has 2 rings (SSSR count). The van der Waals surface area contributed by atoms with E-state index in [0.29, 0.717) is 13.2 Å². The standard InChI is InChI=1S/C17H28N4O2.HI/c1-14(16-7-5-12-23-16)21-17(20-11-13-22-2)19-10-8-15-6-3-4-9-18-15;/h3-4,6,9,14,16H,5,7-8,10-13H2,1-2H3,(H2,19,20,21);1H. The molecule has 0 amide bonds. The zero-order valence-corrected chi connectivity index (χ0v) is 16.9. The third kappa shape index (κ3) is 7.76. The van der Waals surface area contributed by atoms with Crippen molar-refractivity contribution in [2.45, 2.75) is 38.3 Å². The van der Waals surface area contributed by atoms with Crippen LogP contribution in [0.1, 0.15) is 25.5 Å². The number of hydrogen-bond donors (Lipinski definition) is 2. The second-order valence-electron chi connectivity index (χ2n) is 5.71. The molecule has 0 aromatic carbocycles. The summed E-state index contributed by atoms with van der Waals surface area (Å²) in [7, 11) is 1.69. The van der Waals surface area contributed by atoms with Crippen LogP contribution in [0.15, 0.2) is 29.4 Å². The van der Waals surface area contributed by atoms with E-state index in [2.05, 4.69) is 27.5 Å². The summed E-state index contributed by atoms with van der Waals surface area (Å²) in [5, 5.41) is 6.81. The van der Waals surface area contributed by atoms with Gasteiger partial charge < -0.3 is 20.1 Å². The van der Waals surface area contributed by atoms with E-state index >= 15 is 0 Å². The summed E-state index contributed by atoms with van der Waals surface area (Å²) in [6.07, 6.45) is 5.19. The number of pyridine rings is 1. The summed E-state index contributed by atoms with van der Waals surface area (Å²) >= 11 is 0. The normalized spacial score (nSPS) is 18.8. The third-order valence-corrected chi connectivity index (χ3v) is 3.85. The summed E-state index contributed by atoms with van der Waals surface area (Å²) in [6, 6.07) is 6.21. The van der Waals surface area contributed by atoms with E-state index in [1.807, 2.05) is 24.4 Å². The molecule has 2 N–H and O–H groups in total. The molecule has 1 fully saturated rings. The Balaban J connectivity index is 0.00000288. The molecule has 0 saturated carbocycles. The highest BCUT2D eigenvalue weighted by Gasteiger charge is 2.22. The van der Waals surface area contributed by atoms with Crippen molar-refractivity contribution < 1.29 is 9.47 Å². The average molecular weight is 448 g/mol. The molecule has 7 heteroatoms. The van der Waals surface area contributed by atoms with Crippen LogP contribution in [0.25, 0.3) is 0 Å². The molecule has 0 bridgehead atoms. The van der Waals surface area contributed by atoms with Crippen LogP contribution in [0.5, 0.6) is 0 Å². The first-order valence-electron chi connectivity index (χ1n) is 8.35. The van der Waals surface area contributed by atoms with Gasteiger partial charge >= 0.3 is 0 Å².